The van der Waals surface area contributed by atoms with E-state index in [4.69, 9.17) is 0 Å². The second-order valence-corrected chi connectivity index (χ2v) is 18.8. The van der Waals surface area contributed by atoms with E-state index in [-0.39, 0.29) is 48.0 Å². The van der Waals surface area contributed by atoms with Gasteiger partial charge in [-0.15, -0.1) is 0 Å². The fraction of sp³-hybridized carbons (Fsp3) is 0.738. The molecule has 1 aromatic rings. The number of fused-ring (bicyclic) bond motifs is 2. The van der Waals surface area contributed by atoms with Crippen LogP contribution in [0.1, 0.15) is 131 Å². The van der Waals surface area contributed by atoms with Crippen LogP contribution in [-0.2, 0) is 16.1 Å². The molecule has 4 heterocycles. The first kappa shape index (κ1) is 44.9. The molecular formula is C42H67N7O6S2. The normalized spacial score (nSPS) is 23.4. The molecule has 0 saturated carbocycles. The zero-order chi connectivity index (χ0) is 40.2. The maximum Gasteiger partial charge on any atom is 0.335 e. The van der Waals surface area contributed by atoms with Crippen molar-refractivity contribution in [1.82, 2.24) is 36.8 Å². The van der Waals surface area contributed by atoms with Crippen LogP contribution in [0.5, 0.6) is 0 Å². The minimum atomic E-state index is -0.906. The SMILES string of the molecule is O=C(CCCC[C@@H]1SC[C@@H]2NC(=O)N[C@@H]21)NCCCCCCCN(CCCCCCCNC(=O)CCCC[C@@H]1SC[C@@H]2NC(=O)N[C@@H]21)Cc1ccc(C(=O)O)cc1. The van der Waals surface area contributed by atoms with Crippen LogP contribution in [-0.4, -0.2) is 112 Å². The molecule has 4 saturated heterocycles. The molecule has 0 aromatic heterocycles. The third-order valence-electron chi connectivity index (χ3n) is 11.7. The lowest BCUT2D eigenvalue weighted by molar-refractivity contribution is -0.122. The van der Waals surface area contributed by atoms with Crippen LogP contribution in [0.15, 0.2) is 24.3 Å². The Bertz CT molecular complexity index is 1360. The van der Waals surface area contributed by atoms with Gasteiger partial charge in [0.1, 0.15) is 0 Å². The van der Waals surface area contributed by atoms with Crippen molar-refractivity contribution in [2.75, 3.05) is 37.7 Å². The first-order valence-corrected chi connectivity index (χ1v) is 23.8. The summed E-state index contributed by atoms with van der Waals surface area (Å²) in [6.45, 7) is 4.27. The van der Waals surface area contributed by atoms with Crippen LogP contribution in [0.4, 0.5) is 9.59 Å². The molecule has 1 aromatic carbocycles. The van der Waals surface area contributed by atoms with Crippen molar-refractivity contribution in [1.29, 1.82) is 0 Å². The van der Waals surface area contributed by atoms with Gasteiger partial charge in [-0.1, -0.05) is 63.5 Å². The molecule has 57 heavy (non-hydrogen) atoms. The van der Waals surface area contributed by atoms with Crippen LogP contribution in [0, 0.1) is 0 Å². The minimum absolute atomic E-state index is 0.0510. The summed E-state index contributed by atoms with van der Waals surface area (Å²) in [5.74, 6) is 1.30. The van der Waals surface area contributed by atoms with Crippen molar-refractivity contribution in [3.05, 3.63) is 35.4 Å². The van der Waals surface area contributed by atoms with Crippen molar-refractivity contribution in [3.63, 3.8) is 0 Å². The van der Waals surface area contributed by atoms with Crippen molar-refractivity contribution in [3.8, 4) is 0 Å². The highest BCUT2D eigenvalue weighted by molar-refractivity contribution is 8.00. The Balaban J connectivity index is 0.854. The van der Waals surface area contributed by atoms with Crippen LogP contribution >= 0.6 is 23.5 Å². The minimum Gasteiger partial charge on any atom is -0.478 e. The fourth-order valence-corrected chi connectivity index (χ4v) is 11.5. The van der Waals surface area contributed by atoms with Crippen molar-refractivity contribution < 1.29 is 29.1 Å². The number of carbonyl (C=O) groups excluding carboxylic acids is 4. The van der Waals surface area contributed by atoms with Crippen molar-refractivity contribution in [2.45, 2.75) is 157 Å². The van der Waals surface area contributed by atoms with Crippen LogP contribution in [0.25, 0.3) is 0 Å². The van der Waals surface area contributed by atoms with E-state index in [1.165, 1.54) is 0 Å². The molecule has 5 rings (SSSR count). The first-order chi connectivity index (χ1) is 27.7. The summed E-state index contributed by atoms with van der Waals surface area (Å²) in [4.78, 5) is 61.6. The van der Waals surface area contributed by atoms with Gasteiger partial charge >= 0.3 is 18.0 Å². The van der Waals surface area contributed by atoms with Crippen molar-refractivity contribution >= 4 is 53.4 Å². The highest BCUT2D eigenvalue weighted by Gasteiger charge is 2.43. The summed E-state index contributed by atoms with van der Waals surface area (Å²) in [5.41, 5.74) is 1.44. The quantitative estimate of drug-likeness (QED) is 0.0390. The van der Waals surface area contributed by atoms with Crippen LogP contribution < -0.4 is 31.9 Å². The molecule has 0 spiro atoms. The van der Waals surface area contributed by atoms with Gasteiger partial charge in [-0.3, -0.25) is 14.5 Å². The van der Waals surface area contributed by atoms with Crippen LogP contribution in [0.2, 0.25) is 0 Å². The largest absolute Gasteiger partial charge is 0.478 e. The molecule has 0 aliphatic carbocycles. The smallest absolute Gasteiger partial charge is 0.335 e. The zero-order valence-corrected chi connectivity index (χ0v) is 35.3. The molecule has 0 radical (unpaired) electrons. The number of carboxylic acid groups (broad SMARTS) is 1. The summed E-state index contributed by atoms with van der Waals surface area (Å²) in [6, 6.07) is 8.08. The van der Waals surface area contributed by atoms with Gasteiger partial charge in [-0.2, -0.15) is 23.5 Å². The van der Waals surface area contributed by atoms with Gasteiger partial charge in [-0.05, 0) is 82.2 Å². The molecule has 4 aliphatic rings. The van der Waals surface area contributed by atoms with E-state index >= 15 is 0 Å². The molecule has 15 heteroatoms. The topological polar surface area (TPSA) is 181 Å². The molecule has 318 valence electrons. The lowest BCUT2D eigenvalue weighted by Gasteiger charge is -2.22. The van der Waals surface area contributed by atoms with Gasteiger partial charge in [0.25, 0.3) is 0 Å². The number of aromatic carboxylic acids is 1. The second-order valence-electron chi connectivity index (χ2n) is 16.2. The Kier molecular flexibility index (Phi) is 19.5. The third kappa shape index (κ3) is 15.8. The first-order valence-electron chi connectivity index (χ1n) is 21.7. The molecular weight excluding hydrogens is 763 g/mol. The number of nitrogens with one attached hydrogen (secondary N) is 6. The van der Waals surface area contributed by atoms with E-state index in [0.717, 1.165) is 153 Å². The Labute approximate surface area is 347 Å². The Morgan fingerprint density at radius 1 is 0.614 bits per heavy atom. The molecule has 0 bridgehead atoms. The molecule has 4 fully saturated rings. The predicted molar refractivity (Wildman–Crippen MR) is 229 cm³/mol. The average Bonchev–Trinajstić information content (AvgIpc) is 3.96. The van der Waals surface area contributed by atoms with Gasteiger partial charge in [0, 0.05) is 54.5 Å². The molecule has 13 nitrogen and oxygen atoms in total. The highest BCUT2D eigenvalue weighted by Crippen LogP contribution is 2.34. The molecule has 0 unspecified atom stereocenters. The number of carboxylic acids is 1. The summed E-state index contributed by atoms with van der Waals surface area (Å²) >= 11 is 3.84. The lowest BCUT2D eigenvalue weighted by Crippen LogP contribution is -2.36. The van der Waals surface area contributed by atoms with E-state index in [1.807, 2.05) is 35.7 Å². The number of benzene rings is 1. The number of urea groups is 2. The third-order valence-corrected chi connectivity index (χ3v) is 14.7. The van der Waals surface area contributed by atoms with E-state index in [9.17, 15) is 29.1 Å². The van der Waals surface area contributed by atoms with Gasteiger partial charge in [0.15, 0.2) is 0 Å². The maximum atomic E-state index is 12.3. The summed E-state index contributed by atoms with van der Waals surface area (Å²) in [6.07, 6.45) is 17.9. The lowest BCUT2D eigenvalue weighted by atomic mass is 10.0. The summed E-state index contributed by atoms with van der Waals surface area (Å²) in [5, 5.41) is 28.4. The molecule has 6 amide bonds. The van der Waals surface area contributed by atoms with E-state index in [1.54, 1.807) is 12.1 Å². The molecule has 4 aliphatic heterocycles. The van der Waals surface area contributed by atoms with E-state index in [0.29, 0.717) is 28.9 Å². The van der Waals surface area contributed by atoms with Gasteiger partial charge < -0.3 is 37.0 Å². The molecule has 7 N–H and O–H groups in total. The summed E-state index contributed by atoms with van der Waals surface area (Å²) < 4.78 is 0. The number of rotatable bonds is 29. The van der Waals surface area contributed by atoms with Gasteiger partial charge in [-0.25, -0.2) is 14.4 Å². The maximum absolute atomic E-state index is 12.3. The summed E-state index contributed by atoms with van der Waals surface area (Å²) in [7, 11) is 0. The Morgan fingerprint density at radius 2 is 1.07 bits per heavy atom. The fourth-order valence-electron chi connectivity index (χ4n) is 8.44. The van der Waals surface area contributed by atoms with Gasteiger partial charge in [0.05, 0.1) is 29.7 Å². The monoisotopic (exact) mass is 829 g/mol. The van der Waals surface area contributed by atoms with Gasteiger partial charge in [0.2, 0.25) is 11.8 Å². The second kappa shape index (κ2) is 24.7. The van der Waals surface area contributed by atoms with Crippen molar-refractivity contribution in [2.24, 2.45) is 0 Å². The number of thioether (sulfide) groups is 2. The zero-order valence-electron chi connectivity index (χ0n) is 33.7. The number of hydrogen-bond donors (Lipinski definition) is 7. The number of carbonyl (C=O) groups is 5. The highest BCUT2D eigenvalue weighted by atomic mass is 32.2. The number of unbranched alkanes of at least 4 members (excludes halogenated alkanes) is 10. The standard InChI is InChI=1S/C42H67N7O6S2/c50-36(17-9-7-15-34-38-32(28-56-34)45-41(54)47-38)43-23-11-3-1-5-13-25-49(27-30-19-21-31(22-20-30)40(52)53)26-14-6-2-4-12-24-44-37(51)18-10-8-16-35-39-33(29-57-35)46-42(55)48-39/h19-22,32-35,38-39H,1-18,23-29H2,(H,43,50)(H,44,51)(H,52,53)(H2,45,47,54)(H2,46,48,55)/t32-,33-,34-,35-,38-,39-/m0/s1. The van der Waals surface area contributed by atoms with Crippen LogP contribution in [0.3, 0.4) is 0 Å². The average molecular weight is 830 g/mol. The number of hydrogen-bond acceptors (Lipinski definition) is 8. The van der Waals surface area contributed by atoms with E-state index < -0.39 is 5.97 Å². The number of nitrogens with zero attached hydrogens (tertiary/aromatic N) is 1. The molecule has 6 atom stereocenters. The predicted octanol–water partition coefficient (Wildman–Crippen LogP) is 5.77. The Morgan fingerprint density at radius 3 is 1.54 bits per heavy atom. The number of amides is 6. The Hall–Kier alpha value is -3.17. The van der Waals surface area contributed by atoms with E-state index in [2.05, 4.69) is 36.8 Å².